The lowest BCUT2D eigenvalue weighted by Crippen LogP contribution is -2.61. The first-order chi connectivity index (χ1) is 50.4. The van der Waals surface area contributed by atoms with Gasteiger partial charge in [0.25, 0.3) is 0 Å². The number of hydrogen-bond acceptors (Lipinski definition) is 20. The Labute approximate surface area is 612 Å². The van der Waals surface area contributed by atoms with Gasteiger partial charge in [-0.3, -0.25) is 86.7 Å². The summed E-state index contributed by atoms with van der Waals surface area (Å²) in [5.41, 5.74) is 27.6. The predicted molar refractivity (Wildman–Crippen MR) is 374 cm³/mol. The van der Waals surface area contributed by atoms with E-state index in [9.17, 15) is 92.0 Å². The molecule has 0 aromatic heterocycles. The molecule has 40 nitrogen and oxygen atoms in total. The van der Waals surface area contributed by atoms with Crippen molar-refractivity contribution >= 4 is 107 Å². The average molecular weight is 1500 g/mol. The van der Waals surface area contributed by atoms with Crippen LogP contribution in [0.2, 0.25) is 0 Å². The number of hydrogen-bond donors (Lipinski definition) is 15. The molecule has 106 heavy (non-hydrogen) atoms. The number of likely N-dealkylation sites (tertiary alicyclic amines) is 7. The summed E-state index contributed by atoms with van der Waals surface area (Å²) in [7, 11) is 0. The van der Waals surface area contributed by atoms with Gasteiger partial charge in [0.15, 0.2) is 11.9 Å². The summed E-state index contributed by atoms with van der Waals surface area (Å²) in [6, 6.07) is -16.4. The summed E-state index contributed by atoms with van der Waals surface area (Å²) in [5, 5.41) is 47.7. The van der Waals surface area contributed by atoms with Crippen LogP contribution in [-0.2, 0) is 76.7 Å². The maximum atomic E-state index is 14.5. The zero-order valence-electron chi connectivity index (χ0n) is 60.3. The summed E-state index contributed by atoms with van der Waals surface area (Å²) in [4.78, 5) is 237. The lowest BCUT2D eigenvalue weighted by Gasteiger charge is -2.34. The van der Waals surface area contributed by atoms with Crippen LogP contribution in [0.5, 0.6) is 0 Å². The lowest BCUT2D eigenvalue weighted by molar-refractivity contribution is -0.150. The first-order valence-corrected chi connectivity index (χ1v) is 36.5. The highest BCUT2D eigenvalue weighted by atomic mass is 16.4. The van der Waals surface area contributed by atoms with Gasteiger partial charge in [-0.2, -0.15) is 0 Å². The standard InChI is InChI=1S/C66H105N21O19/c1-35(2)51(58(99)79-40(34-88)60(101)84-27-8-17-43(84)57(98)78-39(31-50(91)92)59(100)83-26-7-16-42(83)55(96)76-37(13-4-22-72-65(68)69)52(93)75-36(3)64(105)106)80-53(94)38(14-5-23-73-66(70)71)77-56(97)44-18-9-29-86(44)61(102)46-20-11-25-82(46)49(90)33-74-54(95)41-15-6-28-85(41)63(104)47-21-12-30-87(47)62(103)45-19-10-24-81(45)48(89)32-67/h35-47,51,88H,4-34,67H2,1-3H3,(H,74,95)(H,75,93)(H,76,96)(H,77,97)(H,78,98)(H,79,99)(H,80,94)(H,91,92)(H,105,106)(H4,68,69,72)(H4,70,71,73)/t36-,37-,38-,39-,40-,41-,42-,43-,44-,45-,46-,47-,51-/m0/s1. The third-order valence-electron chi connectivity index (χ3n) is 20.4. The van der Waals surface area contributed by atoms with E-state index < -0.39 is 187 Å². The van der Waals surface area contributed by atoms with Crippen molar-refractivity contribution in [3.05, 3.63) is 0 Å². The highest BCUT2D eigenvalue weighted by molar-refractivity contribution is 6.01. The molecule has 13 atom stereocenters. The van der Waals surface area contributed by atoms with E-state index in [1.165, 1.54) is 31.4 Å². The van der Waals surface area contributed by atoms with Gasteiger partial charge in [-0.15, -0.1) is 0 Å². The third-order valence-corrected chi connectivity index (χ3v) is 20.4. The fourth-order valence-corrected chi connectivity index (χ4v) is 15.0. The SMILES string of the molecule is CC(C)[C@H](NC(=O)[C@H](CCCN=C(N)N)NC(=O)[C@@H]1CCCN1C(=O)[C@@H]1CCCN1C(=O)CNC(=O)[C@@H]1CCCN1C(=O)[C@@H]1CCCN1C(=O)[C@@H]1CCCN1C(=O)CN)C(=O)N[C@@H](CO)C(=O)N1CCC[C@H]1C(=O)N[C@@H](CC(=O)O)C(=O)N1CCC[C@H]1C(=O)N[C@@H](CCCN=C(N)N)C(=O)N[C@@H](C)C(=O)O. The van der Waals surface area contributed by atoms with E-state index in [-0.39, 0.29) is 140 Å². The molecule has 0 aliphatic carbocycles. The van der Waals surface area contributed by atoms with Gasteiger partial charge >= 0.3 is 11.9 Å². The summed E-state index contributed by atoms with van der Waals surface area (Å²) in [6.07, 6.45) is 3.54. The van der Waals surface area contributed by atoms with Gasteiger partial charge in [-0.05, 0) is 128 Å². The number of aliphatic imine (C=N–C) groups is 2. The molecule has 0 bridgehead atoms. The second-order valence-corrected chi connectivity index (χ2v) is 28.1. The van der Waals surface area contributed by atoms with Gasteiger partial charge in [0.2, 0.25) is 82.7 Å². The van der Waals surface area contributed by atoms with Crippen molar-refractivity contribution in [2.75, 3.05) is 78.6 Å². The molecule has 588 valence electrons. The number of carbonyl (C=O) groups excluding carboxylic acids is 14. The normalized spacial score (nSPS) is 23.0. The number of aliphatic hydroxyl groups is 1. The average Bonchev–Trinajstić information content (AvgIpc) is 1.64. The van der Waals surface area contributed by atoms with E-state index in [2.05, 4.69) is 47.2 Å². The molecule has 0 aromatic rings. The molecule has 0 aromatic carbocycles. The minimum absolute atomic E-state index is 0.00615. The molecule has 7 rings (SSSR count). The van der Waals surface area contributed by atoms with Crippen LogP contribution < -0.4 is 65.9 Å². The summed E-state index contributed by atoms with van der Waals surface area (Å²) >= 11 is 0. The van der Waals surface area contributed by atoms with Crippen LogP contribution in [-0.4, -0.2) is 313 Å². The zero-order chi connectivity index (χ0) is 77.8. The van der Waals surface area contributed by atoms with Crippen molar-refractivity contribution in [3.63, 3.8) is 0 Å². The third kappa shape index (κ3) is 21.4. The van der Waals surface area contributed by atoms with E-state index in [1.807, 2.05) is 0 Å². The molecule has 40 heteroatoms. The van der Waals surface area contributed by atoms with E-state index in [0.29, 0.717) is 64.5 Å². The van der Waals surface area contributed by atoms with Crippen molar-refractivity contribution in [2.45, 2.75) is 221 Å². The number of carbonyl (C=O) groups is 16. The van der Waals surface area contributed by atoms with Crippen LogP contribution in [0.4, 0.5) is 0 Å². The highest BCUT2D eigenvalue weighted by Gasteiger charge is 2.49. The van der Waals surface area contributed by atoms with Crippen LogP contribution in [0.1, 0.15) is 143 Å². The van der Waals surface area contributed by atoms with E-state index in [1.54, 1.807) is 13.8 Å². The van der Waals surface area contributed by atoms with E-state index in [4.69, 9.17) is 28.7 Å². The Bertz CT molecular complexity index is 3350. The van der Waals surface area contributed by atoms with Crippen LogP contribution in [0.3, 0.4) is 0 Å². The predicted octanol–water partition coefficient (Wildman–Crippen LogP) is -7.76. The Morgan fingerprint density at radius 2 is 0.783 bits per heavy atom. The zero-order valence-corrected chi connectivity index (χ0v) is 60.3. The number of aliphatic hydroxyl groups excluding tert-OH is 1. The number of aliphatic carboxylic acids is 2. The Kier molecular flexibility index (Phi) is 30.5. The van der Waals surface area contributed by atoms with Gasteiger partial charge in [0, 0.05) is 58.9 Å². The number of nitrogens with one attached hydrogen (secondary N) is 7. The molecular formula is C66H105N21O19. The number of carboxylic acids is 2. The Hall–Kier alpha value is -10.0. The van der Waals surface area contributed by atoms with Crippen molar-refractivity contribution in [1.82, 2.24) is 71.5 Å². The molecule has 7 aliphatic rings. The monoisotopic (exact) mass is 1500 g/mol. The summed E-state index contributed by atoms with van der Waals surface area (Å²) in [6.45, 7) is 3.63. The minimum atomic E-state index is -1.80. The maximum Gasteiger partial charge on any atom is 0.325 e. The number of rotatable bonds is 34. The molecule has 7 aliphatic heterocycles. The number of nitrogens with zero attached hydrogens (tertiary/aromatic N) is 9. The minimum Gasteiger partial charge on any atom is -0.481 e. The first-order valence-electron chi connectivity index (χ1n) is 36.5. The Balaban J connectivity index is 0.950. The topological polar surface area (TPSA) is 596 Å². The fourth-order valence-electron chi connectivity index (χ4n) is 15.0. The summed E-state index contributed by atoms with van der Waals surface area (Å²) in [5.74, 6) is -14.1. The van der Waals surface area contributed by atoms with Gasteiger partial charge in [-0.25, -0.2) is 0 Å². The lowest BCUT2D eigenvalue weighted by atomic mass is 10.0. The fraction of sp³-hybridized carbons (Fsp3) is 0.727. The maximum absolute atomic E-state index is 14.5. The van der Waals surface area contributed by atoms with Crippen molar-refractivity contribution < 1.29 is 92.0 Å². The molecule has 7 heterocycles. The van der Waals surface area contributed by atoms with Crippen LogP contribution in [0, 0.1) is 5.92 Å². The van der Waals surface area contributed by atoms with Gasteiger partial charge < -0.3 is 116 Å². The number of amides is 14. The van der Waals surface area contributed by atoms with Crippen LogP contribution >= 0.6 is 0 Å². The second kappa shape index (κ2) is 38.8. The molecule has 0 saturated carbocycles. The van der Waals surface area contributed by atoms with Gasteiger partial charge in [0.1, 0.15) is 78.5 Å². The quantitative estimate of drug-likeness (QED) is 0.0162. The molecular weight excluding hydrogens is 1390 g/mol. The Morgan fingerprint density at radius 3 is 1.19 bits per heavy atom. The van der Waals surface area contributed by atoms with Gasteiger partial charge in [0.05, 0.1) is 26.1 Å². The summed E-state index contributed by atoms with van der Waals surface area (Å²) < 4.78 is 0. The first kappa shape index (κ1) is 83.3. The molecule has 7 saturated heterocycles. The number of carboxylic acid groups (broad SMARTS) is 2. The van der Waals surface area contributed by atoms with Gasteiger partial charge in [-0.1, -0.05) is 13.8 Å². The Morgan fingerprint density at radius 1 is 0.425 bits per heavy atom. The molecule has 0 spiro atoms. The van der Waals surface area contributed by atoms with Crippen molar-refractivity contribution in [2.24, 2.45) is 44.6 Å². The van der Waals surface area contributed by atoms with Crippen molar-refractivity contribution in [3.8, 4) is 0 Å². The molecule has 0 radical (unpaired) electrons. The number of nitrogens with two attached hydrogens (primary N) is 5. The number of guanidine groups is 2. The van der Waals surface area contributed by atoms with E-state index >= 15 is 0 Å². The molecule has 0 unspecified atom stereocenters. The largest absolute Gasteiger partial charge is 0.481 e. The molecule has 7 fully saturated rings. The van der Waals surface area contributed by atoms with Crippen molar-refractivity contribution in [1.29, 1.82) is 0 Å². The van der Waals surface area contributed by atoms with Crippen LogP contribution in [0.15, 0.2) is 9.98 Å². The second-order valence-electron chi connectivity index (χ2n) is 28.1. The van der Waals surface area contributed by atoms with Crippen LogP contribution in [0.25, 0.3) is 0 Å². The highest BCUT2D eigenvalue weighted by Crippen LogP contribution is 2.31. The smallest absolute Gasteiger partial charge is 0.325 e. The molecule has 14 amide bonds. The molecule has 20 N–H and O–H groups in total. The van der Waals surface area contributed by atoms with E-state index in [0.717, 1.165) is 9.80 Å².